The average molecular weight is 466 g/mol. The molecule has 3 heterocycles. The summed E-state index contributed by atoms with van der Waals surface area (Å²) in [6.07, 6.45) is 0. The van der Waals surface area contributed by atoms with Crippen molar-refractivity contribution >= 4 is 52.2 Å². The van der Waals surface area contributed by atoms with Gasteiger partial charge in [0.25, 0.3) is 11.8 Å². The van der Waals surface area contributed by atoms with Gasteiger partial charge in [-0.05, 0) is 47.3 Å². The molecule has 1 aromatic heterocycles. The number of nitrogens with zero attached hydrogens (tertiary/aromatic N) is 3. The van der Waals surface area contributed by atoms with Crippen molar-refractivity contribution in [2.75, 3.05) is 17.2 Å². The minimum absolute atomic E-state index is 0.146. The Hall–Kier alpha value is -2.79. The third-order valence-corrected chi connectivity index (χ3v) is 8.04. The van der Waals surface area contributed by atoms with Crippen LogP contribution in [0.15, 0.2) is 60.0 Å². The number of benzene rings is 2. The first-order valence-electron chi connectivity index (χ1n) is 9.65. The Morgan fingerprint density at radius 2 is 2.06 bits per heavy atom. The highest BCUT2D eigenvalue weighted by molar-refractivity contribution is 8.01. The average Bonchev–Trinajstić information content (AvgIpc) is 3.51. The van der Waals surface area contributed by atoms with Crippen LogP contribution < -0.4 is 4.90 Å². The topological polar surface area (TPSA) is 64.4 Å². The molecule has 1 unspecified atom stereocenters. The van der Waals surface area contributed by atoms with E-state index in [4.69, 9.17) is 11.6 Å². The first kappa shape index (κ1) is 20.1. The van der Waals surface area contributed by atoms with Crippen LogP contribution in [0.3, 0.4) is 0 Å². The van der Waals surface area contributed by atoms with Gasteiger partial charge in [0.05, 0.1) is 28.7 Å². The van der Waals surface area contributed by atoms with Crippen molar-refractivity contribution in [3.8, 4) is 6.07 Å². The van der Waals surface area contributed by atoms with E-state index in [0.717, 1.165) is 16.8 Å². The van der Waals surface area contributed by atoms with E-state index >= 15 is 0 Å². The van der Waals surface area contributed by atoms with Crippen molar-refractivity contribution in [3.05, 3.63) is 86.6 Å². The van der Waals surface area contributed by atoms with Crippen LogP contribution in [0.1, 0.15) is 26.4 Å². The fourth-order valence-electron chi connectivity index (χ4n) is 4.20. The van der Waals surface area contributed by atoms with Crippen molar-refractivity contribution in [1.82, 2.24) is 4.90 Å². The third kappa shape index (κ3) is 3.14. The van der Waals surface area contributed by atoms with E-state index in [9.17, 15) is 14.9 Å². The summed E-state index contributed by atoms with van der Waals surface area (Å²) in [5.41, 5.74) is 2.88. The molecule has 8 heteroatoms. The summed E-state index contributed by atoms with van der Waals surface area (Å²) in [5.74, 6) is 0.360. The van der Waals surface area contributed by atoms with Gasteiger partial charge in [-0.1, -0.05) is 29.8 Å². The maximum atomic E-state index is 13.9. The maximum absolute atomic E-state index is 13.9. The van der Waals surface area contributed by atoms with Crippen LogP contribution in [0.2, 0.25) is 5.02 Å². The SMILES string of the molecule is N#Cc1cccc(CN2C(=O)C3(SCCN3C(=O)c3cccs3)c3cc(Cl)ccc32)c1. The lowest BCUT2D eigenvalue weighted by Crippen LogP contribution is -2.50. The van der Waals surface area contributed by atoms with E-state index in [1.807, 2.05) is 29.6 Å². The molecule has 1 spiro atoms. The summed E-state index contributed by atoms with van der Waals surface area (Å²) in [5, 5.41) is 11.6. The molecule has 0 bridgehead atoms. The molecule has 2 aliphatic heterocycles. The van der Waals surface area contributed by atoms with Crippen molar-refractivity contribution in [2.24, 2.45) is 0 Å². The molecule has 3 aromatic rings. The summed E-state index contributed by atoms with van der Waals surface area (Å²) < 4.78 is 0. The molecular weight excluding hydrogens is 450 g/mol. The number of rotatable bonds is 3. The predicted octanol–water partition coefficient (Wildman–Crippen LogP) is 4.86. The summed E-state index contributed by atoms with van der Waals surface area (Å²) in [6, 6.07) is 18.4. The number of thioether (sulfide) groups is 1. The number of nitriles is 1. The second-order valence-electron chi connectivity index (χ2n) is 7.29. The number of carbonyl (C=O) groups is 2. The van der Waals surface area contributed by atoms with Gasteiger partial charge in [0.2, 0.25) is 0 Å². The predicted molar refractivity (Wildman–Crippen MR) is 123 cm³/mol. The molecule has 2 amide bonds. The number of amides is 2. The number of carbonyl (C=O) groups excluding carboxylic acids is 2. The highest BCUT2D eigenvalue weighted by Gasteiger charge is 2.59. The Labute approximate surface area is 192 Å². The van der Waals surface area contributed by atoms with Gasteiger partial charge >= 0.3 is 0 Å². The van der Waals surface area contributed by atoms with Gasteiger partial charge in [0, 0.05) is 22.9 Å². The van der Waals surface area contributed by atoms with Gasteiger partial charge < -0.3 is 9.80 Å². The van der Waals surface area contributed by atoms with Crippen LogP contribution in [0.5, 0.6) is 0 Å². The zero-order valence-corrected chi connectivity index (χ0v) is 18.6. The van der Waals surface area contributed by atoms with Crippen molar-refractivity contribution < 1.29 is 9.59 Å². The number of hydrogen-bond acceptors (Lipinski definition) is 5. The molecule has 0 aliphatic carbocycles. The standard InChI is InChI=1S/C23H16ClN3O2S2/c24-17-6-7-19-18(12-17)23(27(8-10-31-23)21(28)20-5-2-9-30-20)22(29)26(19)14-16-4-1-3-15(11-16)13-25/h1-7,9,11-12H,8,10,14H2. The molecular formula is C23H16ClN3O2S2. The third-order valence-electron chi connectivity index (χ3n) is 5.53. The molecule has 0 N–H and O–H groups in total. The highest BCUT2D eigenvalue weighted by Crippen LogP contribution is 2.55. The molecule has 154 valence electrons. The molecule has 2 aromatic carbocycles. The van der Waals surface area contributed by atoms with Crippen LogP contribution in [-0.2, 0) is 16.2 Å². The van der Waals surface area contributed by atoms with Gasteiger partial charge in [-0.15, -0.1) is 23.1 Å². The van der Waals surface area contributed by atoms with Gasteiger partial charge in [-0.2, -0.15) is 5.26 Å². The van der Waals surface area contributed by atoms with Crippen LogP contribution in [0.25, 0.3) is 0 Å². The van der Waals surface area contributed by atoms with Gasteiger partial charge in [-0.25, -0.2) is 0 Å². The van der Waals surface area contributed by atoms with Gasteiger partial charge in [0.15, 0.2) is 4.87 Å². The fraction of sp³-hybridized carbons (Fsp3) is 0.174. The first-order chi connectivity index (χ1) is 15.0. The minimum atomic E-state index is -1.13. The number of fused-ring (bicyclic) bond motifs is 2. The quantitative estimate of drug-likeness (QED) is 0.554. The van der Waals surface area contributed by atoms with E-state index in [-0.39, 0.29) is 11.8 Å². The number of hydrogen-bond donors (Lipinski definition) is 0. The lowest BCUT2D eigenvalue weighted by Gasteiger charge is -2.33. The smallest absolute Gasteiger partial charge is 0.268 e. The molecule has 31 heavy (non-hydrogen) atoms. The summed E-state index contributed by atoms with van der Waals surface area (Å²) >= 11 is 9.18. The molecule has 1 atom stereocenters. The van der Waals surface area contributed by atoms with Gasteiger partial charge in [0.1, 0.15) is 0 Å². The van der Waals surface area contributed by atoms with E-state index < -0.39 is 4.87 Å². The number of thiophene rings is 1. The molecule has 5 nitrogen and oxygen atoms in total. The fourth-order valence-corrected chi connectivity index (χ4v) is 6.50. The Morgan fingerprint density at radius 1 is 1.19 bits per heavy atom. The molecule has 1 fully saturated rings. The highest BCUT2D eigenvalue weighted by atomic mass is 35.5. The Morgan fingerprint density at radius 3 is 2.84 bits per heavy atom. The lowest BCUT2D eigenvalue weighted by atomic mass is 10.1. The Kier molecular flexibility index (Phi) is 5.01. The molecule has 1 saturated heterocycles. The van der Waals surface area contributed by atoms with Crippen LogP contribution in [-0.4, -0.2) is 29.0 Å². The van der Waals surface area contributed by atoms with Crippen molar-refractivity contribution in [2.45, 2.75) is 11.4 Å². The van der Waals surface area contributed by atoms with Gasteiger partial charge in [-0.3, -0.25) is 9.59 Å². The second kappa shape index (κ2) is 7.72. The Balaban J connectivity index is 1.60. The van der Waals surface area contributed by atoms with Crippen molar-refractivity contribution in [3.63, 3.8) is 0 Å². The number of halogens is 1. The summed E-state index contributed by atoms with van der Waals surface area (Å²) in [4.78, 5) is 30.2. The molecule has 0 radical (unpaired) electrons. The lowest BCUT2D eigenvalue weighted by molar-refractivity contribution is -0.123. The monoisotopic (exact) mass is 465 g/mol. The van der Waals surface area contributed by atoms with E-state index in [2.05, 4.69) is 6.07 Å². The maximum Gasteiger partial charge on any atom is 0.268 e. The van der Waals surface area contributed by atoms with E-state index in [1.165, 1.54) is 23.1 Å². The summed E-state index contributed by atoms with van der Waals surface area (Å²) in [7, 11) is 0. The van der Waals surface area contributed by atoms with Crippen molar-refractivity contribution in [1.29, 1.82) is 5.26 Å². The zero-order valence-electron chi connectivity index (χ0n) is 16.2. The van der Waals surface area contributed by atoms with E-state index in [1.54, 1.807) is 40.1 Å². The Bertz CT molecular complexity index is 1240. The normalized spacial score (nSPS) is 19.7. The van der Waals surface area contributed by atoms with E-state index in [0.29, 0.717) is 34.3 Å². The van der Waals surface area contributed by atoms with Crippen LogP contribution in [0, 0.1) is 11.3 Å². The second-order valence-corrected chi connectivity index (χ2v) is 9.96. The summed E-state index contributed by atoms with van der Waals surface area (Å²) in [6.45, 7) is 0.795. The molecule has 5 rings (SSSR count). The van der Waals surface area contributed by atoms with Crippen LogP contribution in [0.4, 0.5) is 5.69 Å². The minimum Gasteiger partial charge on any atom is -0.310 e. The zero-order chi connectivity index (χ0) is 21.6. The van der Waals surface area contributed by atoms with Crippen LogP contribution >= 0.6 is 34.7 Å². The number of anilines is 1. The first-order valence-corrected chi connectivity index (χ1v) is 11.9. The largest absolute Gasteiger partial charge is 0.310 e. The molecule has 2 aliphatic rings. The molecule has 0 saturated carbocycles.